The van der Waals surface area contributed by atoms with Gasteiger partial charge in [0.25, 0.3) is 0 Å². The molecule has 3 amide bonds. The lowest BCUT2D eigenvalue weighted by Gasteiger charge is -2.39. The molecule has 1 aromatic carbocycles. The fourth-order valence-electron chi connectivity index (χ4n) is 6.85. The van der Waals surface area contributed by atoms with Gasteiger partial charge in [-0.3, -0.25) is 24.4 Å². The Balaban J connectivity index is 1.36. The monoisotopic (exact) mass is 700 g/mol. The molecule has 1 N–H and O–H groups in total. The van der Waals surface area contributed by atoms with Crippen molar-refractivity contribution in [3.8, 4) is 0 Å². The maximum atomic E-state index is 14.1. The summed E-state index contributed by atoms with van der Waals surface area (Å²) in [5.41, 5.74) is 1.37. The van der Waals surface area contributed by atoms with Gasteiger partial charge in [-0.25, -0.2) is 9.78 Å². The largest absolute Gasteiger partial charge is 0.444 e. The van der Waals surface area contributed by atoms with Crippen LogP contribution in [0.15, 0.2) is 42.6 Å². The first kappa shape index (κ1) is 34.4. The molecule has 1 saturated heterocycles. The summed E-state index contributed by atoms with van der Waals surface area (Å²) in [6, 6.07) is 6.87. The summed E-state index contributed by atoms with van der Waals surface area (Å²) >= 11 is 6.78. The van der Waals surface area contributed by atoms with E-state index in [9.17, 15) is 32.7 Å². The number of alkyl halides is 3. The molecule has 6 rings (SSSR count). The Bertz CT molecular complexity index is 1830. The molecule has 15 heteroatoms. The third kappa shape index (κ3) is 6.51. The number of carbonyl (C=O) groups excluding carboxylic acids is 3. The number of para-hydroxylation sites is 1. The molecule has 1 fully saturated rings. The second-order valence-corrected chi connectivity index (χ2v) is 14.0. The molecule has 3 aliphatic heterocycles. The SMILES string of the molecule is Cc1cc(C(F)(F)F)cc(N2C(=O)C[C@@H]3CN(Cc4cnc5c(c4)CN(C(=O)OC(C)(C)C)[C@@H]5CO)c4c(Cl)cccc4N(C)C(=O)[C@H]32)n1. The Morgan fingerprint density at radius 3 is 2.55 bits per heavy atom. The minimum Gasteiger partial charge on any atom is -0.444 e. The summed E-state index contributed by atoms with van der Waals surface area (Å²) in [6.45, 7) is 6.89. The summed E-state index contributed by atoms with van der Waals surface area (Å²) in [7, 11) is 1.54. The number of aryl methyl sites for hydroxylation is 1. The lowest BCUT2D eigenvalue weighted by atomic mass is 9.95. The summed E-state index contributed by atoms with van der Waals surface area (Å²) < 4.78 is 46.9. The highest BCUT2D eigenvalue weighted by molar-refractivity contribution is 6.34. The number of hydrogen-bond donors (Lipinski definition) is 1. The van der Waals surface area contributed by atoms with Crippen molar-refractivity contribution in [3.63, 3.8) is 0 Å². The fourth-order valence-corrected chi connectivity index (χ4v) is 7.14. The molecule has 260 valence electrons. The highest BCUT2D eigenvalue weighted by Crippen LogP contribution is 2.44. The molecule has 2 aromatic heterocycles. The molecule has 0 bridgehead atoms. The predicted octanol–water partition coefficient (Wildman–Crippen LogP) is 5.65. The molecule has 3 aliphatic rings. The van der Waals surface area contributed by atoms with Crippen molar-refractivity contribution >= 4 is 46.7 Å². The van der Waals surface area contributed by atoms with Crippen LogP contribution in [0.2, 0.25) is 5.02 Å². The summed E-state index contributed by atoms with van der Waals surface area (Å²) in [5.74, 6) is -1.86. The minimum atomic E-state index is -4.68. The molecule has 3 aromatic rings. The van der Waals surface area contributed by atoms with Crippen molar-refractivity contribution in [1.82, 2.24) is 14.9 Å². The van der Waals surface area contributed by atoms with Gasteiger partial charge in [-0.1, -0.05) is 17.7 Å². The van der Waals surface area contributed by atoms with Crippen LogP contribution in [-0.4, -0.2) is 69.7 Å². The molecule has 0 radical (unpaired) electrons. The number of aliphatic hydroxyl groups excluding tert-OH is 1. The predicted molar refractivity (Wildman–Crippen MR) is 175 cm³/mol. The lowest BCUT2D eigenvalue weighted by Crippen LogP contribution is -2.52. The van der Waals surface area contributed by atoms with Crippen LogP contribution >= 0.6 is 11.6 Å². The van der Waals surface area contributed by atoms with Gasteiger partial charge in [0, 0.05) is 44.4 Å². The van der Waals surface area contributed by atoms with Crippen molar-refractivity contribution < 1.29 is 37.4 Å². The number of aromatic nitrogens is 2. The Morgan fingerprint density at radius 1 is 1.14 bits per heavy atom. The third-order valence-corrected chi connectivity index (χ3v) is 9.20. The summed E-state index contributed by atoms with van der Waals surface area (Å²) in [6.07, 6.45) is -3.72. The van der Waals surface area contributed by atoms with Crippen LogP contribution in [0.4, 0.5) is 35.2 Å². The molecule has 5 heterocycles. The van der Waals surface area contributed by atoms with Crippen molar-refractivity contribution in [2.45, 2.75) is 71.1 Å². The number of fused-ring (bicyclic) bond motifs is 3. The van der Waals surface area contributed by atoms with E-state index in [1.165, 1.54) is 16.7 Å². The van der Waals surface area contributed by atoms with Gasteiger partial charge in [-0.15, -0.1) is 0 Å². The molecule has 3 atom stereocenters. The molecule has 49 heavy (non-hydrogen) atoms. The van der Waals surface area contributed by atoms with Crippen LogP contribution in [0.3, 0.4) is 0 Å². The van der Waals surface area contributed by atoms with Crippen molar-refractivity contribution in [2.24, 2.45) is 5.92 Å². The zero-order valence-electron chi connectivity index (χ0n) is 27.6. The first-order valence-electron chi connectivity index (χ1n) is 15.7. The average molecular weight is 701 g/mol. The molecular weight excluding hydrogens is 665 g/mol. The van der Waals surface area contributed by atoms with Crippen LogP contribution in [-0.2, 0) is 33.6 Å². The van der Waals surface area contributed by atoms with Gasteiger partial charge in [-0.2, -0.15) is 13.2 Å². The van der Waals surface area contributed by atoms with E-state index in [2.05, 4.69) is 9.97 Å². The zero-order chi connectivity index (χ0) is 35.6. The van der Waals surface area contributed by atoms with E-state index in [0.717, 1.165) is 28.2 Å². The van der Waals surface area contributed by atoms with Crippen LogP contribution in [0, 0.1) is 12.8 Å². The number of benzene rings is 1. The van der Waals surface area contributed by atoms with Gasteiger partial charge in [0.2, 0.25) is 11.8 Å². The normalized spacial score (nSPS) is 21.0. The van der Waals surface area contributed by atoms with Crippen LogP contribution in [0.5, 0.6) is 0 Å². The van der Waals surface area contributed by atoms with Crippen molar-refractivity contribution in [2.75, 3.05) is 34.9 Å². The standard InChI is InChI=1S/C34H36ClF3N6O5/c1-18-9-22(34(36,37)38)12-26(40-18)44-27(46)11-21-15-42(30-23(35)7-6-8-24(30)41(5)31(47)29(21)44)14-19-10-20-16-43(32(48)49-33(2,3)4)25(17-45)28(20)39-13-19/h6-10,12-13,21,25,29,45H,11,14-17H2,1-5H3/t21-,25-,29+/m1/s1. The van der Waals surface area contributed by atoms with E-state index in [1.54, 1.807) is 52.2 Å². The first-order chi connectivity index (χ1) is 23.0. The number of pyridine rings is 2. The number of amides is 3. The topological polar surface area (TPSA) is 119 Å². The minimum absolute atomic E-state index is 0.0595. The Kier molecular flexibility index (Phi) is 8.76. The van der Waals surface area contributed by atoms with Gasteiger partial charge in [0.15, 0.2) is 0 Å². The number of ether oxygens (including phenoxy) is 1. The molecule has 0 aliphatic carbocycles. The van der Waals surface area contributed by atoms with Gasteiger partial charge < -0.3 is 19.6 Å². The first-order valence-corrected chi connectivity index (χ1v) is 16.1. The number of anilines is 3. The Morgan fingerprint density at radius 2 is 1.88 bits per heavy atom. The van der Waals surface area contributed by atoms with Crippen LogP contribution in [0.25, 0.3) is 0 Å². The second-order valence-electron chi connectivity index (χ2n) is 13.6. The van der Waals surface area contributed by atoms with Crippen molar-refractivity contribution in [1.29, 1.82) is 0 Å². The Labute approximate surface area is 286 Å². The number of carbonyl (C=O) groups is 3. The van der Waals surface area contributed by atoms with E-state index < -0.39 is 53.2 Å². The van der Waals surface area contributed by atoms with Gasteiger partial charge >= 0.3 is 12.3 Å². The van der Waals surface area contributed by atoms with Gasteiger partial charge in [0.05, 0.1) is 40.8 Å². The molecular formula is C34H36ClF3N6O5. The van der Waals surface area contributed by atoms with E-state index >= 15 is 0 Å². The second kappa shape index (κ2) is 12.5. The maximum Gasteiger partial charge on any atom is 0.416 e. The Hall–Kier alpha value is -4.43. The smallest absolute Gasteiger partial charge is 0.416 e. The molecule has 0 unspecified atom stereocenters. The molecule has 0 saturated carbocycles. The van der Waals surface area contributed by atoms with E-state index in [0.29, 0.717) is 22.1 Å². The zero-order valence-corrected chi connectivity index (χ0v) is 28.3. The number of rotatable bonds is 4. The third-order valence-electron chi connectivity index (χ3n) is 8.89. The van der Waals surface area contributed by atoms with E-state index in [4.69, 9.17) is 16.3 Å². The lowest BCUT2D eigenvalue weighted by molar-refractivity contribution is -0.137. The molecule has 0 spiro atoms. The summed E-state index contributed by atoms with van der Waals surface area (Å²) in [4.78, 5) is 55.4. The number of hydrogen-bond acceptors (Lipinski definition) is 8. The quantitative estimate of drug-likeness (QED) is 0.371. The fraction of sp³-hybridized carbons (Fsp3) is 0.441. The number of nitrogens with zero attached hydrogens (tertiary/aromatic N) is 6. The summed E-state index contributed by atoms with van der Waals surface area (Å²) in [5, 5.41) is 10.5. The highest BCUT2D eigenvalue weighted by Gasteiger charge is 2.49. The highest BCUT2D eigenvalue weighted by atomic mass is 35.5. The van der Waals surface area contributed by atoms with Gasteiger partial charge in [0.1, 0.15) is 23.5 Å². The van der Waals surface area contributed by atoms with E-state index in [1.807, 2.05) is 11.0 Å². The maximum absolute atomic E-state index is 14.1. The van der Waals surface area contributed by atoms with Crippen LogP contribution in [0.1, 0.15) is 61.3 Å². The van der Waals surface area contributed by atoms with Crippen LogP contribution < -0.4 is 14.7 Å². The van der Waals surface area contributed by atoms with Crippen molar-refractivity contribution in [3.05, 3.63) is 75.7 Å². The number of halogens is 4. The average Bonchev–Trinajstić information content (AvgIpc) is 3.54. The van der Waals surface area contributed by atoms with E-state index in [-0.39, 0.29) is 44.2 Å². The molecule has 11 nitrogen and oxygen atoms in total. The van der Waals surface area contributed by atoms with Gasteiger partial charge in [-0.05, 0) is 69.2 Å². The number of likely N-dealkylation sites (N-methyl/N-ethyl adjacent to an activating group) is 1. The number of aliphatic hydroxyl groups is 1.